The highest BCUT2D eigenvalue weighted by molar-refractivity contribution is 5.85. The number of rotatable bonds is 6. The van der Waals surface area contributed by atoms with Gasteiger partial charge in [-0.3, -0.25) is 14.4 Å². The van der Waals surface area contributed by atoms with E-state index < -0.39 is 11.9 Å². The van der Waals surface area contributed by atoms with Crippen LogP contribution in [0.25, 0.3) is 0 Å². The zero-order valence-electron chi connectivity index (χ0n) is 14.8. The van der Waals surface area contributed by atoms with E-state index in [9.17, 15) is 19.5 Å². The Morgan fingerprint density at radius 2 is 1.92 bits per heavy atom. The first-order valence-electron chi connectivity index (χ1n) is 8.73. The maximum Gasteiger partial charge on any atom is 0.308 e. The number of carbonyl (C=O) groups excluding carboxylic acids is 2. The van der Waals surface area contributed by atoms with Gasteiger partial charge in [-0.05, 0) is 38.7 Å². The molecular formula is C19H26N2O4. The number of aryl methyl sites for hydroxylation is 2. The highest BCUT2D eigenvalue weighted by Gasteiger charge is 2.35. The summed E-state index contributed by atoms with van der Waals surface area (Å²) in [6, 6.07) is 7.66. The summed E-state index contributed by atoms with van der Waals surface area (Å²) >= 11 is 0. The minimum absolute atomic E-state index is 0.0800. The van der Waals surface area contributed by atoms with E-state index in [1.807, 2.05) is 31.2 Å². The summed E-state index contributed by atoms with van der Waals surface area (Å²) in [6.07, 6.45) is 2.21. The first-order chi connectivity index (χ1) is 11.9. The minimum atomic E-state index is -0.868. The average molecular weight is 346 g/mol. The molecule has 2 N–H and O–H groups in total. The Labute approximate surface area is 148 Å². The van der Waals surface area contributed by atoms with E-state index in [1.165, 1.54) is 5.56 Å². The van der Waals surface area contributed by atoms with Crippen LogP contribution in [0.15, 0.2) is 24.3 Å². The van der Waals surface area contributed by atoms with Crippen molar-refractivity contribution in [1.29, 1.82) is 0 Å². The summed E-state index contributed by atoms with van der Waals surface area (Å²) < 4.78 is 0. The Morgan fingerprint density at radius 3 is 2.56 bits per heavy atom. The molecule has 1 aliphatic heterocycles. The van der Waals surface area contributed by atoms with Crippen molar-refractivity contribution in [3.8, 4) is 0 Å². The molecule has 1 aromatic carbocycles. The number of amides is 2. The van der Waals surface area contributed by atoms with Crippen LogP contribution in [0.2, 0.25) is 0 Å². The molecule has 0 saturated carbocycles. The maximum absolute atomic E-state index is 12.3. The van der Waals surface area contributed by atoms with Crippen LogP contribution in [0.4, 0.5) is 0 Å². The van der Waals surface area contributed by atoms with E-state index in [4.69, 9.17) is 0 Å². The third-order valence-electron chi connectivity index (χ3n) is 4.82. The van der Waals surface area contributed by atoms with Crippen LogP contribution < -0.4 is 5.32 Å². The van der Waals surface area contributed by atoms with Crippen LogP contribution in [0.3, 0.4) is 0 Å². The monoisotopic (exact) mass is 346 g/mol. The van der Waals surface area contributed by atoms with Gasteiger partial charge in [0.15, 0.2) is 0 Å². The van der Waals surface area contributed by atoms with E-state index in [0.717, 1.165) is 5.56 Å². The third kappa shape index (κ3) is 5.31. The molecule has 0 unspecified atom stereocenters. The SMILES string of the molecule is Cc1ccc(CCC(=O)NCC(=O)N2CCC[C@@H](C(=O)O)[C@H]2C)cc1. The van der Waals surface area contributed by atoms with E-state index >= 15 is 0 Å². The Morgan fingerprint density at radius 1 is 1.24 bits per heavy atom. The fraction of sp³-hybridized carbons (Fsp3) is 0.526. The molecule has 25 heavy (non-hydrogen) atoms. The Balaban J connectivity index is 1.77. The van der Waals surface area contributed by atoms with Gasteiger partial charge >= 0.3 is 5.97 Å². The van der Waals surface area contributed by atoms with Crippen molar-refractivity contribution < 1.29 is 19.5 Å². The Kier molecular flexibility index (Phi) is 6.56. The lowest BCUT2D eigenvalue weighted by atomic mass is 9.90. The molecule has 6 heteroatoms. The lowest BCUT2D eigenvalue weighted by molar-refractivity contribution is -0.149. The fourth-order valence-corrected chi connectivity index (χ4v) is 3.20. The van der Waals surface area contributed by atoms with Crippen molar-refractivity contribution in [2.45, 2.75) is 45.6 Å². The minimum Gasteiger partial charge on any atom is -0.481 e. The Bertz CT molecular complexity index is 627. The van der Waals surface area contributed by atoms with Crippen LogP contribution in [0.1, 0.15) is 37.3 Å². The number of nitrogens with zero attached hydrogens (tertiary/aromatic N) is 1. The van der Waals surface area contributed by atoms with Crippen LogP contribution in [0, 0.1) is 12.8 Å². The van der Waals surface area contributed by atoms with Crippen LogP contribution in [-0.4, -0.2) is 46.9 Å². The second-order valence-corrected chi connectivity index (χ2v) is 6.68. The number of aliphatic carboxylic acids is 1. The standard InChI is InChI=1S/C19H26N2O4/c1-13-5-7-15(8-6-13)9-10-17(22)20-12-18(23)21-11-3-4-16(14(21)2)19(24)25/h5-8,14,16H,3-4,9-12H2,1-2H3,(H,20,22)(H,24,25)/t14-,16-/m1/s1. The van der Waals surface area contributed by atoms with Gasteiger partial charge in [-0.1, -0.05) is 29.8 Å². The van der Waals surface area contributed by atoms with E-state index in [2.05, 4.69) is 5.32 Å². The number of likely N-dealkylation sites (tertiary alicyclic amines) is 1. The van der Waals surface area contributed by atoms with E-state index in [-0.39, 0.29) is 24.4 Å². The molecule has 0 radical (unpaired) electrons. The van der Waals surface area contributed by atoms with Crippen molar-refractivity contribution in [2.75, 3.05) is 13.1 Å². The van der Waals surface area contributed by atoms with Crippen LogP contribution in [-0.2, 0) is 20.8 Å². The lowest BCUT2D eigenvalue weighted by Crippen LogP contribution is -2.51. The third-order valence-corrected chi connectivity index (χ3v) is 4.82. The first-order valence-corrected chi connectivity index (χ1v) is 8.73. The second kappa shape index (κ2) is 8.65. The van der Waals surface area contributed by atoms with E-state index in [0.29, 0.717) is 32.2 Å². The summed E-state index contributed by atoms with van der Waals surface area (Å²) in [5, 5.41) is 11.9. The maximum atomic E-state index is 12.3. The summed E-state index contributed by atoms with van der Waals surface area (Å²) in [7, 11) is 0. The molecule has 1 saturated heterocycles. The number of hydrogen-bond acceptors (Lipinski definition) is 3. The largest absolute Gasteiger partial charge is 0.481 e. The quantitative estimate of drug-likeness (QED) is 0.822. The Hall–Kier alpha value is -2.37. The van der Waals surface area contributed by atoms with Gasteiger partial charge in [0.1, 0.15) is 0 Å². The van der Waals surface area contributed by atoms with Gasteiger partial charge in [-0.15, -0.1) is 0 Å². The summed E-state index contributed by atoms with van der Waals surface area (Å²) in [6.45, 7) is 4.24. The molecule has 136 valence electrons. The normalized spacial score (nSPS) is 20.2. The van der Waals surface area contributed by atoms with Crippen molar-refractivity contribution >= 4 is 17.8 Å². The fourth-order valence-electron chi connectivity index (χ4n) is 3.20. The van der Waals surface area contributed by atoms with Gasteiger partial charge in [0.2, 0.25) is 11.8 Å². The van der Waals surface area contributed by atoms with Crippen molar-refractivity contribution in [3.63, 3.8) is 0 Å². The number of carboxylic acids is 1. The number of carboxylic acid groups (broad SMARTS) is 1. The topological polar surface area (TPSA) is 86.7 Å². The smallest absolute Gasteiger partial charge is 0.308 e. The van der Waals surface area contributed by atoms with Crippen LogP contribution in [0.5, 0.6) is 0 Å². The molecular weight excluding hydrogens is 320 g/mol. The first kappa shape index (κ1) is 19.0. The molecule has 0 aliphatic carbocycles. The lowest BCUT2D eigenvalue weighted by Gasteiger charge is -2.37. The van der Waals surface area contributed by atoms with Crippen molar-refractivity contribution in [2.24, 2.45) is 5.92 Å². The molecule has 6 nitrogen and oxygen atoms in total. The van der Waals surface area contributed by atoms with Crippen LogP contribution >= 0.6 is 0 Å². The number of piperidine rings is 1. The zero-order valence-corrected chi connectivity index (χ0v) is 14.8. The number of nitrogens with one attached hydrogen (secondary N) is 1. The molecule has 2 amide bonds. The van der Waals surface area contributed by atoms with Gasteiger partial charge in [0.25, 0.3) is 0 Å². The predicted molar refractivity (Wildman–Crippen MR) is 94.0 cm³/mol. The summed E-state index contributed by atoms with van der Waals surface area (Å²) in [5.74, 6) is -1.79. The number of carbonyl (C=O) groups is 3. The summed E-state index contributed by atoms with van der Waals surface area (Å²) in [4.78, 5) is 37.1. The van der Waals surface area contributed by atoms with Gasteiger partial charge in [0.05, 0.1) is 12.5 Å². The molecule has 1 aliphatic rings. The van der Waals surface area contributed by atoms with Crippen molar-refractivity contribution in [3.05, 3.63) is 35.4 Å². The molecule has 2 rings (SSSR count). The predicted octanol–water partition coefficient (Wildman–Crippen LogP) is 1.76. The second-order valence-electron chi connectivity index (χ2n) is 6.68. The highest BCUT2D eigenvalue weighted by Crippen LogP contribution is 2.23. The molecule has 2 atom stereocenters. The number of hydrogen-bond donors (Lipinski definition) is 2. The van der Waals surface area contributed by atoms with Crippen molar-refractivity contribution in [1.82, 2.24) is 10.2 Å². The molecule has 0 spiro atoms. The highest BCUT2D eigenvalue weighted by atomic mass is 16.4. The molecule has 0 aromatic heterocycles. The zero-order chi connectivity index (χ0) is 18.4. The molecule has 1 fully saturated rings. The van der Waals surface area contributed by atoms with Gasteiger partial charge in [-0.25, -0.2) is 0 Å². The number of benzene rings is 1. The summed E-state index contributed by atoms with van der Waals surface area (Å²) in [5.41, 5.74) is 2.26. The molecule has 1 aromatic rings. The average Bonchev–Trinajstić information content (AvgIpc) is 2.59. The van der Waals surface area contributed by atoms with E-state index in [1.54, 1.807) is 11.8 Å². The van der Waals surface area contributed by atoms with Gasteiger partial charge in [-0.2, -0.15) is 0 Å². The molecule has 0 bridgehead atoms. The van der Waals surface area contributed by atoms with Gasteiger partial charge in [0, 0.05) is 19.0 Å². The molecule has 1 heterocycles. The van der Waals surface area contributed by atoms with Gasteiger partial charge < -0.3 is 15.3 Å².